The number of nitrogens with two attached hydrogens (primary N) is 1. The van der Waals surface area contributed by atoms with Crippen molar-refractivity contribution in [1.82, 2.24) is 25.4 Å². The van der Waals surface area contributed by atoms with Gasteiger partial charge in [0, 0.05) is 22.4 Å². The predicted molar refractivity (Wildman–Crippen MR) is 153 cm³/mol. The molecule has 0 aliphatic carbocycles. The molecule has 6 N–H and O–H groups in total. The van der Waals surface area contributed by atoms with Crippen molar-refractivity contribution in [1.29, 1.82) is 0 Å². The number of fused-ring (bicyclic) bond motifs is 1. The van der Waals surface area contributed by atoms with Gasteiger partial charge < -0.3 is 35.6 Å². The lowest BCUT2D eigenvalue weighted by Gasteiger charge is -2.49. The van der Waals surface area contributed by atoms with Crippen LogP contribution in [0.1, 0.15) is 5.69 Å². The molecule has 2 aliphatic heterocycles. The smallest absolute Gasteiger partial charge is 0.352 e. The molecule has 1 aromatic carbocycles. The number of anilines is 1. The van der Waals surface area contributed by atoms with Crippen LogP contribution in [-0.4, -0.2) is 88.4 Å². The third kappa shape index (κ3) is 5.76. The molecule has 5 rings (SSSR count). The number of rotatable bonds is 11. The second-order valence-electron chi connectivity index (χ2n) is 8.58. The van der Waals surface area contributed by atoms with Gasteiger partial charge in [0.2, 0.25) is 5.89 Å². The Kier molecular flexibility index (Phi) is 8.36. The number of aliphatic carboxylic acids is 1. The summed E-state index contributed by atoms with van der Waals surface area (Å²) < 4.78 is 5.59. The van der Waals surface area contributed by atoms with Crippen molar-refractivity contribution in [3.8, 4) is 23.0 Å². The second kappa shape index (κ2) is 12.1. The van der Waals surface area contributed by atoms with E-state index in [-0.39, 0.29) is 63.0 Å². The second-order valence-corrected chi connectivity index (χ2v) is 11.5. The monoisotopic (exact) mass is 631 g/mol. The number of benzene rings is 1. The Hall–Kier alpha value is -4.55. The molecule has 0 saturated carbocycles. The van der Waals surface area contributed by atoms with Gasteiger partial charge in [0.15, 0.2) is 22.3 Å². The fourth-order valence-corrected chi connectivity index (χ4v) is 6.75. The van der Waals surface area contributed by atoms with Crippen molar-refractivity contribution in [2.24, 2.45) is 5.16 Å². The van der Waals surface area contributed by atoms with Crippen LogP contribution in [0.15, 0.2) is 62.3 Å². The Morgan fingerprint density at radius 1 is 1.33 bits per heavy atom. The Balaban J connectivity index is 1.28. The lowest BCUT2D eigenvalue weighted by molar-refractivity contribution is -0.150. The van der Waals surface area contributed by atoms with E-state index in [1.165, 1.54) is 41.4 Å². The Bertz CT molecular complexity index is 1640. The van der Waals surface area contributed by atoms with Crippen molar-refractivity contribution in [2.75, 3.05) is 23.8 Å². The number of β-lactam (4-membered cyclic amide) rings is 1. The predicted octanol–water partition coefficient (Wildman–Crippen LogP) is 1.62. The van der Waals surface area contributed by atoms with Crippen LogP contribution in [0.3, 0.4) is 0 Å². The number of carbonyl (C=O) groups is 3. The number of aromatic nitrogens is 3. The minimum atomic E-state index is -1.29. The minimum Gasteiger partial charge on any atom is -0.504 e. The molecule has 18 heteroatoms. The average molecular weight is 632 g/mol. The zero-order chi connectivity index (χ0) is 30.0. The van der Waals surface area contributed by atoms with Crippen LogP contribution < -0.4 is 11.1 Å². The molecule has 0 unspecified atom stereocenters. The third-order valence-electron chi connectivity index (χ3n) is 5.86. The summed E-state index contributed by atoms with van der Waals surface area (Å²) in [5.41, 5.74) is 6.30. The highest BCUT2D eigenvalue weighted by molar-refractivity contribution is 8.01. The molecule has 2 amide bonds. The normalized spacial score (nSPS) is 18.3. The van der Waals surface area contributed by atoms with Gasteiger partial charge in [0.25, 0.3) is 17.0 Å². The number of nitrogens with one attached hydrogen (secondary N) is 1. The topological polar surface area (TPSA) is 227 Å². The van der Waals surface area contributed by atoms with E-state index >= 15 is 0 Å². The number of phenolic OH excluding ortho intramolecular Hbond substituents is 2. The molecule has 218 valence electrons. The molecule has 1 fully saturated rings. The zero-order valence-corrected chi connectivity index (χ0v) is 23.7. The maximum atomic E-state index is 13.1. The van der Waals surface area contributed by atoms with E-state index in [1.54, 1.807) is 0 Å². The maximum Gasteiger partial charge on any atom is 0.352 e. The van der Waals surface area contributed by atoms with Crippen LogP contribution in [0.25, 0.3) is 11.5 Å². The molecule has 0 radical (unpaired) electrons. The van der Waals surface area contributed by atoms with Gasteiger partial charge in [0.05, 0.1) is 0 Å². The molecule has 15 nitrogen and oxygen atoms in total. The van der Waals surface area contributed by atoms with Crippen LogP contribution in [0, 0.1) is 0 Å². The van der Waals surface area contributed by atoms with Gasteiger partial charge in [-0.2, -0.15) is 0 Å². The molecule has 42 heavy (non-hydrogen) atoms. The number of nitrogen functional groups attached to an aromatic ring is 1. The van der Waals surface area contributed by atoms with Crippen molar-refractivity contribution < 1.29 is 39.0 Å². The van der Waals surface area contributed by atoms with Crippen LogP contribution in [-0.2, 0) is 19.2 Å². The fourth-order valence-electron chi connectivity index (χ4n) is 3.95. The highest BCUT2D eigenvalue weighted by atomic mass is 32.2. The van der Waals surface area contributed by atoms with E-state index in [2.05, 4.69) is 32.2 Å². The SMILES string of the molecule is C=CCO/N=C(\C(=O)N[C@@H]1C(=O)N2C(C(=O)O)=C(CSc3nnc(-c4ccc(O)c(O)c4)o3)CS[C@H]12)c1csc(N)n1. The highest BCUT2D eigenvalue weighted by Crippen LogP contribution is 2.42. The van der Waals surface area contributed by atoms with Crippen LogP contribution >= 0.6 is 34.9 Å². The van der Waals surface area contributed by atoms with Gasteiger partial charge >= 0.3 is 5.97 Å². The van der Waals surface area contributed by atoms with Crippen molar-refractivity contribution in [2.45, 2.75) is 16.6 Å². The number of aromatic hydroxyl groups is 2. The van der Waals surface area contributed by atoms with Gasteiger partial charge in [0.1, 0.15) is 29.4 Å². The van der Waals surface area contributed by atoms with Gasteiger partial charge in [-0.05, 0) is 23.8 Å². The number of phenols is 2. The first-order valence-corrected chi connectivity index (χ1v) is 14.8. The average Bonchev–Trinajstić information content (AvgIpc) is 3.62. The molecule has 1 saturated heterocycles. The summed E-state index contributed by atoms with van der Waals surface area (Å²) in [4.78, 5) is 48.6. The van der Waals surface area contributed by atoms with Crippen molar-refractivity contribution >= 4 is 63.5 Å². The Morgan fingerprint density at radius 2 is 2.14 bits per heavy atom. The number of hydrogen-bond donors (Lipinski definition) is 5. The third-order valence-corrected chi connectivity index (χ3v) is 8.78. The molecule has 4 heterocycles. The summed E-state index contributed by atoms with van der Waals surface area (Å²) in [6.07, 6.45) is 1.44. The fraction of sp³-hybridized carbons (Fsp3) is 0.208. The molecular formula is C24H21N7O8S3. The molecular weight excluding hydrogens is 611 g/mol. The first kappa shape index (κ1) is 29.0. The van der Waals surface area contributed by atoms with Gasteiger partial charge in [-0.25, -0.2) is 9.78 Å². The Morgan fingerprint density at radius 3 is 2.83 bits per heavy atom. The number of amides is 2. The van der Waals surface area contributed by atoms with Crippen molar-refractivity contribution in [3.05, 3.63) is 53.2 Å². The van der Waals surface area contributed by atoms with Gasteiger partial charge in [-0.3, -0.25) is 14.5 Å². The summed E-state index contributed by atoms with van der Waals surface area (Å²) >= 11 is 3.46. The Labute approximate surface area is 249 Å². The number of nitrogens with zero attached hydrogens (tertiary/aromatic N) is 5. The first-order valence-electron chi connectivity index (χ1n) is 11.9. The highest BCUT2D eigenvalue weighted by Gasteiger charge is 2.54. The van der Waals surface area contributed by atoms with E-state index in [9.17, 15) is 29.7 Å². The number of hydrogen-bond acceptors (Lipinski definition) is 15. The number of thioether (sulfide) groups is 2. The first-order chi connectivity index (χ1) is 20.2. The lowest BCUT2D eigenvalue weighted by Crippen LogP contribution is -2.71. The summed E-state index contributed by atoms with van der Waals surface area (Å²) in [6.45, 7) is 3.55. The number of thiazole rings is 1. The van der Waals surface area contributed by atoms with Crippen molar-refractivity contribution in [3.63, 3.8) is 0 Å². The van der Waals surface area contributed by atoms with E-state index in [1.807, 2.05) is 0 Å². The standard InChI is InChI=1S/C24H21N7O8S3/c1-2-5-38-30-15(12-9-41-23(25)26-12)18(34)27-16-20(35)31-17(22(36)37)11(7-40-21(16)31)8-42-24-29-28-19(39-24)10-3-4-13(32)14(33)6-10/h2-4,6,9,16,21,32-33H,1,5,7-8H2,(H2,25,26)(H,27,34)(H,36,37)/b30-15-/t16-,21-/m1/s1. The summed E-state index contributed by atoms with van der Waals surface area (Å²) in [5.74, 6) is -2.80. The zero-order valence-electron chi connectivity index (χ0n) is 21.3. The maximum absolute atomic E-state index is 13.1. The van der Waals surface area contributed by atoms with Crippen LogP contribution in [0.5, 0.6) is 11.5 Å². The van der Waals surface area contributed by atoms with E-state index in [0.29, 0.717) is 11.1 Å². The largest absolute Gasteiger partial charge is 0.504 e. The lowest BCUT2D eigenvalue weighted by atomic mass is 10.0. The molecule has 3 aromatic rings. The molecule has 0 spiro atoms. The van der Waals surface area contributed by atoms with Crippen LogP contribution in [0.2, 0.25) is 0 Å². The summed E-state index contributed by atoms with van der Waals surface area (Å²) in [7, 11) is 0. The molecule has 0 bridgehead atoms. The van der Waals surface area contributed by atoms with Gasteiger partial charge in [-0.1, -0.05) is 29.6 Å². The summed E-state index contributed by atoms with van der Waals surface area (Å²) in [6, 6.07) is 3.02. The molecule has 2 aromatic heterocycles. The summed E-state index contributed by atoms with van der Waals surface area (Å²) in [5, 5.41) is 44.6. The number of carboxylic acid groups (broad SMARTS) is 1. The minimum absolute atomic E-state index is 0.0316. The van der Waals surface area contributed by atoms with E-state index < -0.39 is 29.2 Å². The number of oxime groups is 1. The van der Waals surface area contributed by atoms with E-state index in [0.717, 1.165) is 28.0 Å². The van der Waals surface area contributed by atoms with Gasteiger partial charge in [-0.15, -0.1) is 33.3 Å². The van der Waals surface area contributed by atoms with E-state index in [4.69, 9.17) is 15.0 Å². The quantitative estimate of drug-likeness (QED) is 0.0386. The molecule has 2 atom stereocenters. The van der Waals surface area contributed by atoms with Crippen LogP contribution in [0.4, 0.5) is 5.13 Å². The number of carbonyl (C=O) groups excluding carboxylic acids is 2. The molecule has 2 aliphatic rings. The number of carboxylic acids is 1.